The molecule has 3 aromatic rings. The number of hydrogen-bond donors (Lipinski definition) is 1. The van der Waals surface area contributed by atoms with Gasteiger partial charge in [0.25, 0.3) is 0 Å². The fourth-order valence-electron chi connectivity index (χ4n) is 4.19. The Morgan fingerprint density at radius 1 is 1.06 bits per heavy atom. The molecule has 1 aliphatic rings. The van der Waals surface area contributed by atoms with Gasteiger partial charge in [-0.05, 0) is 23.6 Å². The number of piperazine rings is 1. The van der Waals surface area contributed by atoms with Crippen molar-refractivity contribution in [3.8, 4) is 6.07 Å². The van der Waals surface area contributed by atoms with Gasteiger partial charge in [0, 0.05) is 30.3 Å². The minimum Gasteiger partial charge on any atom is -0.333 e. The number of rotatable bonds is 6. The maximum atomic E-state index is 12.7. The van der Waals surface area contributed by atoms with Crippen LogP contribution in [0.15, 0.2) is 83.9 Å². The van der Waals surface area contributed by atoms with Gasteiger partial charge in [-0.15, -0.1) is 0 Å². The average Bonchev–Trinajstić information content (AvgIpc) is 2.85. The Balaban J connectivity index is 1.75. The van der Waals surface area contributed by atoms with Gasteiger partial charge in [-0.2, -0.15) is 5.26 Å². The van der Waals surface area contributed by atoms with Crippen molar-refractivity contribution in [2.24, 2.45) is 10.9 Å². The van der Waals surface area contributed by atoms with Gasteiger partial charge in [-0.25, -0.2) is 4.99 Å². The second kappa shape index (κ2) is 10.2. The summed E-state index contributed by atoms with van der Waals surface area (Å²) in [6.45, 7) is 5.92. The van der Waals surface area contributed by atoms with Crippen molar-refractivity contribution in [2.75, 3.05) is 13.1 Å². The van der Waals surface area contributed by atoms with Crippen LogP contribution in [-0.4, -0.2) is 35.7 Å². The Kier molecular flexibility index (Phi) is 6.97. The van der Waals surface area contributed by atoms with Crippen LogP contribution in [0.5, 0.6) is 0 Å². The predicted octanol–water partition coefficient (Wildman–Crippen LogP) is 4.68. The lowest BCUT2D eigenvalue weighted by Crippen LogP contribution is -2.56. The van der Waals surface area contributed by atoms with Crippen LogP contribution in [0, 0.1) is 17.2 Å². The van der Waals surface area contributed by atoms with E-state index in [4.69, 9.17) is 4.99 Å². The van der Waals surface area contributed by atoms with Crippen LogP contribution >= 0.6 is 0 Å². The van der Waals surface area contributed by atoms with Gasteiger partial charge in [0.15, 0.2) is 0 Å². The van der Waals surface area contributed by atoms with Crippen molar-refractivity contribution >= 4 is 17.3 Å². The highest BCUT2D eigenvalue weighted by Crippen LogP contribution is 2.26. The molecule has 166 valence electrons. The van der Waals surface area contributed by atoms with Gasteiger partial charge >= 0.3 is 0 Å². The van der Waals surface area contributed by atoms with Crippen molar-refractivity contribution in [1.82, 2.24) is 10.2 Å². The largest absolute Gasteiger partial charge is 0.333 e. The Labute approximate surface area is 195 Å². The van der Waals surface area contributed by atoms with Crippen LogP contribution in [0.3, 0.4) is 0 Å². The summed E-state index contributed by atoms with van der Waals surface area (Å²) in [5.74, 6) is 0.448. The topological polar surface area (TPSA) is 68.5 Å². The molecule has 0 aromatic heterocycles. The molecule has 1 N–H and O–H groups in total. The van der Waals surface area contributed by atoms with E-state index in [0.29, 0.717) is 30.3 Å². The minimum atomic E-state index is 0.101. The number of amides is 1. The SMILES string of the molecule is CC(C)[C@@H]1CNCC(=O)N1Cc1ccc(C#N)c(N=C(c2ccccc2)c2ccccc2)c1. The van der Waals surface area contributed by atoms with Crippen molar-refractivity contribution in [3.63, 3.8) is 0 Å². The van der Waals surface area contributed by atoms with Gasteiger partial charge in [-0.3, -0.25) is 4.79 Å². The molecule has 0 saturated carbocycles. The molecule has 0 spiro atoms. The van der Waals surface area contributed by atoms with Gasteiger partial charge in [-0.1, -0.05) is 80.6 Å². The molecule has 1 aliphatic heterocycles. The van der Waals surface area contributed by atoms with E-state index in [1.54, 1.807) is 6.07 Å². The van der Waals surface area contributed by atoms with E-state index in [0.717, 1.165) is 28.9 Å². The molecule has 1 fully saturated rings. The molecule has 1 amide bonds. The molecule has 5 nitrogen and oxygen atoms in total. The van der Waals surface area contributed by atoms with Crippen LogP contribution in [0.1, 0.15) is 36.1 Å². The third-order valence-corrected chi connectivity index (χ3v) is 5.98. The summed E-state index contributed by atoms with van der Waals surface area (Å²) >= 11 is 0. The van der Waals surface area contributed by atoms with Crippen molar-refractivity contribution in [2.45, 2.75) is 26.4 Å². The quantitative estimate of drug-likeness (QED) is 0.570. The molecular weight excluding hydrogens is 408 g/mol. The molecule has 5 heteroatoms. The summed E-state index contributed by atoms with van der Waals surface area (Å²) in [6.07, 6.45) is 0. The maximum Gasteiger partial charge on any atom is 0.237 e. The number of nitrogens with zero attached hydrogens (tertiary/aromatic N) is 3. The van der Waals surface area contributed by atoms with Crippen LogP contribution in [0.4, 0.5) is 5.69 Å². The molecule has 1 saturated heterocycles. The van der Waals surface area contributed by atoms with Gasteiger partial charge in [0.1, 0.15) is 6.07 Å². The number of benzene rings is 3. The highest BCUT2D eigenvalue weighted by molar-refractivity contribution is 6.14. The third-order valence-electron chi connectivity index (χ3n) is 5.98. The standard InChI is InChI=1S/C28H28N4O/c1-20(2)26-17-30-18-27(33)32(26)19-21-13-14-24(16-29)25(15-21)31-28(22-9-5-3-6-10-22)23-11-7-4-8-12-23/h3-15,20,26,30H,17-19H2,1-2H3/t26-/m0/s1. The van der Waals surface area contributed by atoms with E-state index < -0.39 is 0 Å². The van der Waals surface area contributed by atoms with Gasteiger partial charge in [0.05, 0.1) is 23.5 Å². The van der Waals surface area contributed by atoms with E-state index in [1.165, 1.54) is 0 Å². The van der Waals surface area contributed by atoms with Crippen molar-refractivity contribution in [1.29, 1.82) is 5.26 Å². The van der Waals surface area contributed by atoms with E-state index in [1.807, 2.05) is 77.7 Å². The Hall–Kier alpha value is -3.75. The highest BCUT2D eigenvalue weighted by atomic mass is 16.2. The first kappa shape index (κ1) is 22.4. The summed E-state index contributed by atoms with van der Waals surface area (Å²) in [6, 6.07) is 28.1. The Bertz CT molecular complexity index is 1140. The van der Waals surface area contributed by atoms with E-state index in [-0.39, 0.29) is 11.9 Å². The molecule has 0 aliphatic carbocycles. The fraction of sp³-hybridized carbons (Fsp3) is 0.250. The third kappa shape index (κ3) is 5.19. The molecule has 3 aromatic carbocycles. The average molecular weight is 437 g/mol. The zero-order valence-electron chi connectivity index (χ0n) is 19.0. The maximum absolute atomic E-state index is 12.7. The summed E-state index contributed by atoms with van der Waals surface area (Å²) in [7, 11) is 0. The predicted molar refractivity (Wildman–Crippen MR) is 131 cm³/mol. The lowest BCUT2D eigenvalue weighted by Gasteiger charge is -2.38. The zero-order valence-corrected chi connectivity index (χ0v) is 19.0. The number of aliphatic imine (C=N–C) groups is 1. The van der Waals surface area contributed by atoms with Crippen LogP contribution < -0.4 is 5.32 Å². The van der Waals surface area contributed by atoms with E-state index >= 15 is 0 Å². The number of carbonyl (C=O) groups is 1. The Morgan fingerprint density at radius 3 is 2.27 bits per heavy atom. The Morgan fingerprint density at radius 2 is 1.70 bits per heavy atom. The fourth-order valence-corrected chi connectivity index (χ4v) is 4.19. The van der Waals surface area contributed by atoms with Crippen LogP contribution in [-0.2, 0) is 11.3 Å². The number of carbonyl (C=O) groups excluding carboxylic acids is 1. The second-order valence-electron chi connectivity index (χ2n) is 8.62. The first-order valence-electron chi connectivity index (χ1n) is 11.3. The monoisotopic (exact) mass is 436 g/mol. The summed E-state index contributed by atoms with van der Waals surface area (Å²) in [5.41, 5.74) is 4.86. The smallest absolute Gasteiger partial charge is 0.237 e. The molecule has 0 bridgehead atoms. The van der Waals surface area contributed by atoms with Gasteiger partial charge < -0.3 is 10.2 Å². The number of hydrogen-bond acceptors (Lipinski definition) is 4. The summed E-state index contributed by atoms with van der Waals surface area (Å²) in [4.78, 5) is 19.6. The molecule has 4 rings (SSSR count). The first-order chi connectivity index (χ1) is 16.1. The molecular formula is C28H28N4O. The molecule has 1 heterocycles. The number of nitrogens with one attached hydrogen (secondary N) is 1. The zero-order chi connectivity index (χ0) is 23.2. The van der Waals surface area contributed by atoms with Crippen LogP contribution in [0.25, 0.3) is 0 Å². The molecule has 0 unspecified atom stereocenters. The summed E-state index contributed by atoms with van der Waals surface area (Å²) in [5, 5.41) is 13.0. The second-order valence-corrected chi connectivity index (χ2v) is 8.62. The lowest BCUT2D eigenvalue weighted by atomic mass is 9.99. The van der Waals surface area contributed by atoms with E-state index in [2.05, 4.69) is 25.2 Å². The highest BCUT2D eigenvalue weighted by Gasteiger charge is 2.30. The van der Waals surface area contributed by atoms with E-state index in [9.17, 15) is 10.1 Å². The molecule has 1 atom stereocenters. The van der Waals surface area contributed by atoms with Crippen LogP contribution in [0.2, 0.25) is 0 Å². The number of nitriles is 1. The van der Waals surface area contributed by atoms with Crippen molar-refractivity contribution in [3.05, 3.63) is 101 Å². The minimum absolute atomic E-state index is 0.101. The first-order valence-corrected chi connectivity index (χ1v) is 11.3. The lowest BCUT2D eigenvalue weighted by molar-refractivity contribution is -0.136. The molecule has 33 heavy (non-hydrogen) atoms. The van der Waals surface area contributed by atoms with Gasteiger partial charge in [0.2, 0.25) is 5.91 Å². The summed E-state index contributed by atoms with van der Waals surface area (Å²) < 4.78 is 0. The van der Waals surface area contributed by atoms with Crippen molar-refractivity contribution < 1.29 is 4.79 Å². The molecule has 0 radical (unpaired) electrons. The normalized spacial score (nSPS) is 15.9.